The monoisotopic (exact) mass is 768 g/mol. The number of aryl methyl sites for hydroxylation is 2. The molecule has 0 unspecified atom stereocenters. The Labute approximate surface area is 345 Å². The van der Waals surface area contributed by atoms with Gasteiger partial charge in [-0.05, 0) is 143 Å². The van der Waals surface area contributed by atoms with Gasteiger partial charge in [0.1, 0.15) is 0 Å². The summed E-state index contributed by atoms with van der Waals surface area (Å²) in [6.45, 7) is 0. The first-order valence-electron chi connectivity index (χ1n) is 20.8. The average molecular weight is 769 g/mol. The van der Waals surface area contributed by atoms with Crippen molar-refractivity contribution in [3.8, 4) is 33.8 Å². The summed E-state index contributed by atoms with van der Waals surface area (Å²) in [5.41, 5.74) is 18.1. The third-order valence-electron chi connectivity index (χ3n) is 13.0. The van der Waals surface area contributed by atoms with E-state index >= 15 is 0 Å². The number of pyridine rings is 4. The molecule has 6 heteroatoms. The van der Waals surface area contributed by atoms with Gasteiger partial charge in [0.2, 0.25) is 0 Å². The van der Waals surface area contributed by atoms with Gasteiger partial charge in [0.25, 0.3) is 0 Å². The van der Waals surface area contributed by atoms with E-state index in [2.05, 4.69) is 140 Å². The zero-order chi connectivity index (χ0) is 39.3. The predicted octanol–water partition coefficient (Wildman–Crippen LogP) is 12.5. The molecule has 0 amide bonds. The van der Waals surface area contributed by atoms with Gasteiger partial charge in [0.05, 0.1) is 51.7 Å². The Hall–Kier alpha value is -7.70. The van der Waals surface area contributed by atoms with Crippen LogP contribution in [0.2, 0.25) is 0 Å². The van der Waals surface area contributed by atoms with E-state index in [0.29, 0.717) is 0 Å². The number of allylic oxidation sites excluding steroid dienone is 1. The van der Waals surface area contributed by atoms with Crippen molar-refractivity contribution in [2.45, 2.75) is 25.7 Å². The molecule has 13 rings (SSSR count). The first-order valence-corrected chi connectivity index (χ1v) is 20.8. The third-order valence-corrected chi connectivity index (χ3v) is 13.0. The molecule has 6 nitrogen and oxygen atoms in total. The highest BCUT2D eigenvalue weighted by atomic mass is 15.0. The van der Waals surface area contributed by atoms with E-state index in [4.69, 9.17) is 9.97 Å². The molecule has 0 radical (unpaired) electrons. The minimum Gasteiger partial charge on any atom is -0.311 e. The standard InChI is InChI=1S/C54H36N6/c1-3-11-41-33(7-1)19-23-57-53(41)37-15-17-49-45(27-37)47-25-35-13-14-36-26-48-46-28-38(54-42-12-4-2-8-34(42)20-24-58-54)16-18-50(46)60(40-10-6-22-56-32-40)52(48)30-44(36)43(35)29-51(47)59(49)39-9-5-21-55-31-39/h1-12,15,17,19-32H,13-14,16,18H2. The van der Waals surface area contributed by atoms with Crippen molar-refractivity contribution in [3.05, 3.63) is 193 Å². The van der Waals surface area contributed by atoms with Gasteiger partial charge in [-0.3, -0.25) is 19.9 Å². The second-order valence-corrected chi connectivity index (χ2v) is 16.2. The first kappa shape index (κ1) is 33.3. The molecular weight excluding hydrogens is 733 g/mol. The Morgan fingerprint density at radius 2 is 1.05 bits per heavy atom. The summed E-state index contributed by atoms with van der Waals surface area (Å²) in [4.78, 5) is 19.0. The highest BCUT2D eigenvalue weighted by Crippen LogP contribution is 2.46. The number of nitrogens with zero attached hydrogens (tertiary/aromatic N) is 6. The van der Waals surface area contributed by atoms with Crippen LogP contribution in [0.3, 0.4) is 0 Å². The van der Waals surface area contributed by atoms with Crippen LogP contribution in [0.15, 0.2) is 165 Å². The Morgan fingerprint density at radius 1 is 0.433 bits per heavy atom. The predicted molar refractivity (Wildman–Crippen MR) is 245 cm³/mol. The van der Waals surface area contributed by atoms with Crippen LogP contribution < -0.4 is 0 Å². The number of benzene rings is 5. The lowest BCUT2D eigenvalue weighted by atomic mass is 9.83. The zero-order valence-corrected chi connectivity index (χ0v) is 32.7. The number of fused-ring (bicyclic) bond motifs is 11. The van der Waals surface area contributed by atoms with Gasteiger partial charge in [0, 0.05) is 68.5 Å². The fourth-order valence-corrected chi connectivity index (χ4v) is 10.3. The smallest absolute Gasteiger partial charge is 0.0780 e. The molecule has 6 aromatic heterocycles. The van der Waals surface area contributed by atoms with Gasteiger partial charge < -0.3 is 9.13 Å². The van der Waals surface area contributed by atoms with Gasteiger partial charge in [-0.2, -0.15) is 0 Å². The van der Waals surface area contributed by atoms with E-state index in [0.717, 1.165) is 64.9 Å². The molecule has 0 saturated heterocycles. The lowest BCUT2D eigenvalue weighted by Crippen LogP contribution is -2.06. The van der Waals surface area contributed by atoms with Crippen molar-refractivity contribution in [1.82, 2.24) is 29.1 Å². The van der Waals surface area contributed by atoms with Crippen molar-refractivity contribution in [2.24, 2.45) is 0 Å². The molecule has 0 atom stereocenters. The summed E-state index contributed by atoms with van der Waals surface area (Å²) in [5.74, 6) is 0. The molecule has 11 aromatic rings. The highest BCUT2D eigenvalue weighted by molar-refractivity contribution is 6.13. The second kappa shape index (κ2) is 12.9. The molecule has 60 heavy (non-hydrogen) atoms. The fraction of sp³-hybridized carbons (Fsp3) is 0.0741. The van der Waals surface area contributed by atoms with E-state index in [9.17, 15) is 0 Å². The van der Waals surface area contributed by atoms with Crippen LogP contribution in [0, 0.1) is 0 Å². The van der Waals surface area contributed by atoms with Gasteiger partial charge in [-0.15, -0.1) is 0 Å². The van der Waals surface area contributed by atoms with Gasteiger partial charge in [-0.1, -0.05) is 54.6 Å². The summed E-state index contributed by atoms with van der Waals surface area (Å²) < 4.78 is 4.85. The molecule has 0 bridgehead atoms. The third kappa shape index (κ3) is 4.94. The molecule has 6 heterocycles. The molecule has 0 N–H and O–H groups in total. The SMILES string of the molecule is C1=C(c2nccc3ccccc23)CCc2c1c1cc3c(cc1n2-c1cccnc1)-c1cc2c(cc1CC3)c1cc(-c3nccc4ccccc34)ccc1n2-c1cccnc1. The molecule has 2 aliphatic carbocycles. The zero-order valence-electron chi connectivity index (χ0n) is 32.7. The summed E-state index contributed by atoms with van der Waals surface area (Å²) >= 11 is 0. The molecule has 282 valence electrons. The van der Waals surface area contributed by atoms with Crippen molar-refractivity contribution < 1.29 is 0 Å². The summed E-state index contributed by atoms with van der Waals surface area (Å²) in [6, 6.07) is 46.4. The van der Waals surface area contributed by atoms with E-state index in [1.165, 1.54) is 82.4 Å². The van der Waals surface area contributed by atoms with Crippen LogP contribution >= 0.6 is 0 Å². The molecule has 2 aliphatic rings. The van der Waals surface area contributed by atoms with E-state index in [1.54, 1.807) is 0 Å². The van der Waals surface area contributed by atoms with Crippen molar-refractivity contribution in [1.29, 1.82) is 0 Å². The summed E-state index contributed by atoms with van der Waals surface area (Å²) in [7, 11) is 0. The van der Waals surface area contributed by atoms with Gasteiger partial charge in [-0.25, -0.2) is 0 Å². The molecule has 0 spiro atoms. The number of hydrogen-bond donors (Lipinski definition) is 0. The van der Waals surface area contributed by atoms with Crippen LogP contribution in [0.1, 0.15) is 34.5 Å². The normalized spacial score (nSPS) is 13.5. The Balaban J connectivity index is 1.04. The number of rotatable bonds is 4. The Kier molecular flexibility index (Phi) is 7.16. The van der Waals surface area contributed by atoms with Crippen LogP contribution in [0.4, 0.5) is 0 Å². The minimum atomic E-state index is 0.916. The lowest BCUT2D eigenvalue weighted by Gasteiger charge is -2.21. The average Bonchev–Trinajstić information content (AvgIpc) is 3.81. The second-order valence-electron chi connectivity index (χ2n) is 16.2. The van der Waals surface area contributed by atoms with Crippen molar-refractivity contribution >= 4 is 65.9 Å². The largest absolute Gasteiger partial charge is 0.311 e. The van der Waals surface area contributed by atoms with E-state index in [-0.39, 0.29) is 0 Å². The van der Waals surface area contributed by atoms with Crippen LogP contribution in [0.5, 0.6) is 0 Å². The van der Waals surface area contributed by atoms with Crippen LogP contribution in [-0.4, -0.2) is 29.1 Å². The number of hydrogen-bond acceptors (Lipinski definition) is 4. The maximum Gasteiger partial charge on any atom is 0.0780 e. The van der Waals surface area contributed by atoms with E-state index < -0.39 is 0 Å². The van der Waals surface area contributed by atoms with Gasteiger partial charge >= 0.3 is 0 Å². The number of aromatic nitrogens is 6. The summed E-state index contributed by atoms with van der Waals surface area (Å²) in [6.07, 6.45) is 17.7. The molecular formula is C54H36N6. The van der Waals surface area contributed by atoms with Crippen molar-refractivity contribution in [3.63, 3.8) is 0 Å². The first-order chi connectivity index (χ1) is 29.7. The maximum absolute atomic E-state index is 4.95. The Morgan fingerprint density at radius 3 is 1.75 bits per heavy atom. The lowest BCUT2D eigenvalue weighted by molar-refractivity contribution is 0.892. The van der Waals surface area contributed by atoms with E-state index in [1.807, 2.05) is 49.3 Å². The molecule has 0 saturated carbocycles. The quantitative estimate of drug-likeness (QED) is 0.179. The minimum absolute atomic E-state index is 0.916. The highest BCUT2D eigenvalue weighted by Gasteiger charge is 2.27. The Bertz CT molecular complexity index is 3590. The topological polar surface area (TPSA) is 61.4 Å². The fourth-order valence-electron chi connectivity index (χ4n) is 10.3. The maximum atomic E-state index is 4.95. The molecule has 0 aliphatic heterocycles. The molecule has 0 fully saturated rings. The summed E-state index contributed by atoms with van der Waals surface area (Å²) in [5, 5.41) is 8.52. The molecule has 5 aromatic carbocycles. The van der Waals surface area contributed by atoms with Crippen LogP contribution in [0.25, 0.3) is 99.7 Å². The van der Waals surface area contributed by atoms with Crippen LogP contribution in [-0.2, 0) is 19.3 Å². The van der Waals surface area contributed by atoms with Crippen molar-refractivity contribution in [2.75, 3.05) is 0 Å². The van der Waals surface area contributed by atoms with Gasteiger partial charge in [0.15, 0.2) is 0 Å².